The van der Waals surface area contributed by atoms with Gasteiger partial charge >= 0.3 is 0 Å². The van der Waals surface area contributed by atoms with Gasteiger partial charge in [-0.2, -0.15) is 0 Å². The summed E-state index contributed by atoms with van der Waals surface area (Å²) in [6.45, 7) is 6.86. The van der Waals surface area contributed by atoms with Crippen molar-refractivity contribution in [2.24, 2.45) is 5.92 Å². The van der Waals surface area contributed by atoms with Crippen molar-refractivity contribution >= 4 is 23.2 Å². The zero-order chi connectivity index (χ0) is 15.4. The fourth-order valence-electron chi connectivity index (χ4n) is 2.72. The van der Waals surface area contributed by atoms with Crippen LogP contribution in [0.5, 0.6) is 5.75 Å². The summed E-state index contributed by atoms with van der Waals surface area (Å²) in [5, 5.41) is 14.9. The number of ether oxygens (including phenoxy) is 1. The molecule has 0 bridgehead atoms. The summed E-state index contributed by atoms with van der Waals surface area (Å²) in [5.74, 6) is 0.562. The number of piperazine rings is 1. The average molecular weight is 333 g/mol. The Morgan fingerprint density at radius 1 is 1.33 bits per heavy atom. The van der Waals surface area contributed by atoms with Gasteiger partial charge in [-0.1, -0.05) is 30.1 Å². The molecular weight excluding hydrogens is 311 g/mol. The maximum absolute atomic E-state index is 10.6. The number of nitrogens with one attached hydrogen (secondary N) is 1. The summed E-state index contributed by atoms with van der Waals surface area (Å²) in [6, 6.07) is 3.35. The van der Waals surface area contributed by atoms with Gasteiger partial charge in [-0.25, -0.2) is 0 Å². The fourth-order valence-corrected chi connectivity index (χ4v) is 3.31. The zero-order valence-corrected chi connectivity index (χ0v) is 13.9. The van der Waals surface area contributed by atoms with E-state index in [2.05, 4.69) is 10.2 Å². The number of aliphatic hydroxyl groups excluding tert-OH is 1. The lowest BCUT2D eigenvalue weighted by atomic mass is 9.96. The van der Waals surface area contributed by atoms with Gasteiger partial charge in [-0.15, -0.1) is 0 Å². The van der Waals surface area contributed by atoms with Crippen LogP contribution in [-0.4, -0.2) is 49.8 Å². The van der Waals surface area contributed by atoms with E-state index in [1.165, 1.54) is 0 Å². The summed E-state index contributed by atoms with van der Waals surface area (Å²) in [7, 11) is 1.55. The van der Waals surface area contributed by atoms with Gasteiger partial charge in [0.15, 0.2) is 0 Å². The first kappa shape index (κ1) is 16.8. The Labute approximate surface area is 136 Å². The highest BCUT2D eigenvalue weighted by Crippen LogP contribution is 2.38. The summed E-state index contributed by atoms with van der Waals surface area (Å²) >= 11 is 12.2. The minimum absolute atomic E-state index is 0.0616. The van der Waals surface area contributed by atoms with Crippen LogP contribution in [0.4, 0.5) is 0 Å². The van der Waals surface area contributed by atoms with E-state index in [4.69, 9.17) is 27.9 Å². The lowest BCUT2D eigenvalue weighted by Gasteiger charge is -2.31. The van der Waals surface area contributed by atoms with E-state index < -0.39 is 6.10 Å². The van der Waals surface area contributed by atoms with Crippen molar-refractivity contribution in [1.82, 2.24) is 10.2 Å². The molecular formula is C15H22Cl2N2O2. The van der Waals surface area contributed by atoms with Crippen LogP contribution in [-0.2, 0) is 0 Å². The van der Waals surface area contributed by atoms with Crippen molar-refractivity contribution in [2.45, 2.75) is 13.0 Å². The molecule has 1 aromatic rings. The number of rotatable bonds is 5. The lowest BCUT2D eigenvalue weighted by Crippen LogP contribution is -2.45. The van der Waals surface area contributed by atoms with Crippen LogP contribution >= 0.6 is 23.2 Å². The average Bonchev–Trinajstić information content (AvgIpc) is 2.46. The van der Waals surface area contributed by atoms with Crippen LogP contribution in [0, 0.1) is 5.92 Å². The second-order valence-electron chi connectivity index (χ2n) is 5.48. The van der Waals surface area contributed by atoms with Crippen LogP contribution in [0.25, 0.3) is 0 Å². The maximum Gasteiger partial charge on any atom is 0.143 e. The third-order valence-corrected chi connectivity index (χ3v) is 4.35. The summed E-state index contributed by atoms with van der Waals surface area (Å²) < 4.78 is 5.32. The Balaban J connectivity index is 2.12. The highest BCUT2D eigenvalue weighted by Gasteiger charge is 2.24. The molecule has 1 heterocycles. The number of benzene rings is 1. The monoisotopic (exact) mass is 332 g/mol. The Morgan fingerprint density at radius 2 is 2.00 bits per heavy atom. The summed E-state index contributed by atoms with van der Waals surface area (Å²) in [6.07, 6.45) is -0.661. The van der Waals surface area contributed by atoms with Crippen LogP contribution < -0.4 is 10.1 Å². The van der Waals surface area contributed by atoms with Gasteiger partial charge in [0.1, 0.15) is 5.75 Å². The number of nitrogens with zero attached hydrogens (tertiary/aromatic N) is 1. The first-order valence-corrected chi connectivity index (χ1v) is 7.92. The van der Waals surface area contributed by atoms with E-state index in [0.29, 0.717) is 21.4 Å². The molecule has 0 aromatic heterocycles. The molecule has 118 valence electrons. The van der Waals surface area contributed by atoms with Crippen molar-refractivity contribution in [3.05, 3.63) is 27.7 Å². The Morgan fingerprint density at radius 3 is 2.62 bits per heavy atom. The van der Waals surface area contributed by atoms with Gasteiger partial charge in [0.25, 0.3) is 0 Å². The second kappa shape index (κ2) is 7.65. The molecule has 0 saturated carbocycles. The largest absolute Gasteiger partial charge is 0.495 e. The van der Waals surface area contributed by atoms with Gasteiger partial charge in [-0.05, 0) is 18.1 Å². The Bertz CT molecular complexity index is 479. The molecule has 0 spiro atoms. The van der Waals surface area contributed by atoms with Crippen molar-refractivity contribution in [3.63, 3.8) is 0 Å². The molecule has 2 atom stereocenters. The molecule has 0 radical (unpaired) electrons. The van der Waals surface area contributed by atoms with Crippen molar-refractivity contribution in [2.75, 3.05) is 39.8 Å². The number of halogens is 2. The van der Waals surface area contributed by atoms with E-state index in [0.717, 1.165) is 32.7 Å². The predicted octanol–water partition coefficient (Wildman–Crippen LogP) is 2.58. The molecule has 4 nitrogen and oxygen atoms in total. The topological polar surface area (TPSA) is 44.7 Å². The number of hydrogen-bond acceptors (Lipinski definition) is 4. The van der Waals surface area contributed by atoms with Gasteiger partial charge in [0, 0.05) is 43.3 Å². The molecule has 0 aliphatic carbocycles. The van der Waals surface area contributed by atoms with Gasteiger partial charge < -0.3 is 20.1 Å². The van der Waals surface area contributed by atoms with E-state index in [9.17, 15) is 5.11 Å². The van der Waals surface area contributed by atoms with Gasteiger partial charge in [-0.3, -0.25) is 0 Å². The number of methoxy groups -OCH3 is 1. The molecule has 6 heteroatoms. The van der Waals surface area contributed by atoms with E-state index in [1.807, 2.05) is 6.92 Å². The van der Waals surface area contributed by atoms with Crippen molar-refractivity contribution in [3.8, 4) is 5.75 Å². The molecule has 21 heavy (non-hydrogen) atoms. The highest BCUT2D eigenvalue weighted by atomic mass is 35.5. The molecule has 1 saturated heterocycles. The van der Waals surface area contributed by atoms with Crippen LogP contribution in [0.2, 0.25) is 10.0 Å². The molecule has 2 rings (SSSR count). The third-order valence-electron chi connectivity index (χ3n) is 3.85. The van der Waals surface area contributed by atoms with Crippen LogP contribution in [0.1, 0.15) is 18.6 Å². The molecule has 1 aliphatic rings. The lowest BCUT2D eigenvalue weighted by molar-refractivity contribution is 0.0822. The summed E-state index contributed by atoms with van der Waals surface area (Å²) in [5.41, 5.74) is 0.651. The molecule has 2 N–H and O–H groups in total. The Hall–Kier alpha value is -0.520. The minimum Gasteiger partial charge on any atom is -0.495 e. The van der Waals surface area contributed by atoms with E-state index in [1.54, 1.807) is 19.2 Å². The third kappa shape index (κ3) is 4.24. The van der Waals surface area contributed by atoms with Crippen molar-refractivity contribution in [1.29, 1.82) is 0 Å². The molecule has 2 unspecified atom stereocenters. The minimum atomic E-state index is -0.661. The van der Waals surface area contributed by atoms with Gasteiger partial charge in [0.05, 0.1) is 18.2 Å². The fraction of sp³-hybridized carbons (Fsp3) is 0.600. The Kier molecular flexibility index (Phi) is 6.14. The van der Waals surface area contributed by atoms with Crippen LogP contribution in [0.15, 0.2) is 12.1 Å². The first-order valence-electron chi connectivity index (χ1n) is 7.17. The highest BCUT2D eigenvalue weighted by molar-refractivity contribution is 6.35. The number of hydrogen-bond donors (Lipinski definition) is 2. The van der Waals surface area contributed by atoms with E-state index >= 15 is 0 Å². The summed E-state index contributed by atoms with van der Waals surface area (Å²) in [4.78, 5) is 2.35. The molecule has 1 aromatic carbocycles. The molecule has 1 fully saturated rings. The smallest absolute Gasteiger partial charge is 0.143 e. The molecule has 1 aliphatic heterocycles. The normalized spacial score (nSPS) is 19.3. The molecule has 0 amide bonds. The quantitative estimate of drug-likeness (QED) is 0.869. The van der Waals surface area contributed by atoms with Crippen LogP contribution in [0.3, 0.4) is 0 Å². The standard InChI is InChI=1S/C15H22Cl2N2O2/c1-10(9-19-5-3-18-4-6-19)14(20)12-7-11(16)8-13(17)15(12)21-2/h7-8,10,14,18,20H,3-6,9H2,1-2H3. The van der Waals surface area contributed by atoms with Crippen molar-refractivity contribution < 1.29 is 9.84 Å². The predicted molar refractivity (Wildman–Crippen MR) is 86.4 cm³/mol. The first-order chi connectivity index (χ1) is 10.0. The number of aliphatic hydroxyl groups is 1. The zero-order valence-electron chi connectivity index (χ0n) is 12.4. The SMILES string of the molecule is COc1c(Cl)cc(Cl)cc1C(O)C(C)CN1CCNCC1. The van der Waals surface area contributed by atoms with E-state index in [-0.39, 0.29) is 5.92 Å². The van der Waals surface area contributed by atoms with Gasteiger partial charge in [0.2, 0.25) is 0 Å². The second-order valence-corrected chi connectivity index (χ2v) is 6.33. The maximum atomic E-state index is 10.6.